The SMILES string of the molecule is CCOC(=O)c1ccnc(Nc2cncnc2)c1N. The number of nitrogens with one attached hydrogen (secondary N) is 1. The number of nitrogens with zero attached hydrogens (tertiary/aromatic N) is 3. The summed E-state index contributed by atoms with van der Waals surface area (Å²) in [6.07, 6.45) is 6.04. The van der Waals surface area contributed by atoms with E-state index in [0.717, 1.165) is 0 Å². The summed E-state index contributed by atoms with van der Waals surface area (Å²) >= 11 is 0. The molecule has 0 atom stereocenters. The van der Waals surface area contributed by atoms with Crippen LogP contribution < -0.4 is 11.1 Å². The minimum Gasteiger partial charge on any atom is -0.462 e. The van der Waals surface area contributed by atoms with Crippen molar-refractivity contribution >= 4 is 23.2 Å². The zero-order valence-corrected chi connectivity index (χ0v) is 10.3. The Balaban J connectivity index is 2.27. The molecule has 0 fully saturated rings. The van der Waals surface area contributed by atoms with E-state index < -0.39 is 5.97 Å². The molecule has 0 aliphatic carbocycles. The average molecular weight is 259 g/mol. The van der Waals surface area contributed by atoms with Gasteiger partial charge in [-0.1, -0.05) is 0 Å². The first-order valence-corrected chi connectivity index (χ1v) is 5.66. The molecule has 0 unspecified atom stereocenters. The topological polar surface area (TPSA) is 103 Å². The van der Waals surface area contributed by atoms with Crippen molar-refractivity contribution in [3.8, 4) is 0 Å². The third-order valence-electron chi connectivity index (χ3n) is 2.31. The van der Waals surface area contributed by atoms with Crippen molar-refractivity contribution < 1.29 is 9.53 Å². The van der Waals surface area contributed by atoms with Crippen LogP contribution in [0.2, 0.25) is 0 Å². The first-order valence-electron chi connectivity index (χ1n) is 5.66. The second-order valence-corrected chi connectivity index (χ2v) is 3.59. The van der Waals surface area contributed by atoms with Crippen molar-refractivity contribution in [3.63, 3.8) is 0 Å². The monoisotopic (exact) mass is 259 g/mol. The molecule has 0 aromatic carbocycles. The van der Waals surface area contributed by atoms with E-state index in [2.05, 4.69) is 20.3 Å². The predicted molar refractivity (Wildman–Crippen MR) is 69.9 cm³/mol. The molecular formula is C12H13N5O2. The number of carbonyl (C=O) groups is 1. The molecule has 0 saturated heterocycles. The number of aromatic nitrogens is 3. The summed E-state index contributed by atoms with van der Waals surface area (Å²) in [5.41, 5.74) is 7.02. The van der Waals surface area contributed by atoms with E-state index in [1.807, 2.05) is 0 Å². The summed E-state index contributed by atoms with van der Waals surface area (Å²) in [6, 6.07) is 1.51. The molecule has 2 rings (SSSR count). The third-order valence-corrected chi connectivity index (χ3v) is 2.31. The van der Waals surface area contributed by atoms with Crippen LogP contribution in [-0.2, 0) is 4.74 Å². The molecule has 0 aliphatic heterocycles. The number of nitrogens with two attached hydrogens (primary N) is 1. The van der Waals surface area contributed by atoms with Gasteiger partial charge in [-0.15, -0.1) is 0 Å². The predicted octanol–water partition coefficient (Wildman–Crippen LogP) is 1.37. The number of esters is 1. The molecule has 0 spiro atoms. The van der Waals surface area contributed by atoms with Crippen molar-refractivity contribution in [1.82, 2.24) is 15.0 Å². The molecule has 2 heterocycles. The number of anilines is 3. The lowest BCUT2D eigenvalue weighted by Gasteiger charge is -2.10. The maximum Gasteiger partial charge on any atom is 0.340 e. The Labute approximate surface area is 109 Å². The molecule has 7 heteroatoms. The number of hydrogen-bond donors (Lipinski definition) is 2. The normalized spacial score (nSPS) is 9.95. The van der Waals surface area contributed by atoms with Crippen LogP contribution in [0.15, 0.2) is 31.0 Å². The first kappa shape index (κ1) is 12.7. The molecular weight excluding hydrogens is 246 g/mol. The van der Waals surface area contributed by atoms with Crippen LogP contribution in [0, 0.1) is 0 Å². The van der Waals surface area contributed by atoms with Gasteiger partial charge in [-0.3, -0.25) is 0 Å². The van der Waals surface area contributed by atoms with Crippen LogP contribution in [-0.4, -0.2) is 27.5 Å². The molecule has 0 saturated carbocycles. The fourth-order valence-corrected chi connectivity index (χ4v) is 1.46. The van der Waals surface area contributed by atoms with E-state index in [1.165, 1.54) is 18.6 Å². The number of hydrogen-bond acceptors (Lipinski definition) is 7. The second-order valence-electron chi connectivity index (χ2n) is 3.59. The van der Waals surface area contributed by atoms with Gasteiger partial charge in [-0.25, -0.2) is 19.7 Å². The minimum absolute atomic E-state index is 0.227. The third kappa shape index (κ3) is 2.95. The molecule has 7 nitrogen and oxygen atoms in total. The first-order chi connectivity index (χ1) is 9.22. The van der Waals surface area contributed by atoms with E-state index in [-0.39, 0.29) is 17.9 Å². The van der Waals surface area contributed by atoms with E-state index in [9.17, 15) is 4.79 Å². The van der Waals surface area contributed by atoms with Gasteiger partial charge in [0.25, 0.3) is 0 Å². The average Bonchev–Trinajstić information content (AvgIpc) is 2.42. The van der Waals surface area contributed by atoms with Gasteiger partial charge in [0, 0.05) is 6.20 Å². The molecule has 0 bridgehead atoms. The summed E-state index contributed by atoms with van der Waals surface area (Å²) in [4.78, 5) is 23.5. The highest BCUT2D eigenvalue weighted by Crippen LogP contribution is 2.23. The number of carbonyl (C=O) groups excluding carboxylic acids is 1. The molecule has 0 amide bonds. The Hall–Kier alpha value is -2.70. The number of pyridine rings is 1. The highest BCUT2D eigenvalue weighted by molar-refractivity contribution is 5.97. The van der Waals surface area contributed by atoms with Crippen LogP contribution in [0.25, 0.3) is 0 Å². The molecule has 19 heavy (non-hydrogen) atoms. The maximum absolute atomic E-state index is 11.7. The Morgan fingerprint density at radius 2 is 2.16 bits per heavy atom. The van der Waals surface area contributed by atoms with E-state index >= 15 is 0 Å². The Morgan fingerprint density at radius 1 is 1.42 bits per heavy atom. The van der Waals surface area contributed by atoms with Gasteiger partial charge in [-0.2, -0.15) is 0 Å². The van der Waals surface area contributed by atoms with Crippen molar-refractivity contribution in [1.29, 1.82) is 0 Å². The van der Waals surface area contributed by atoms with Gasteiger partial charge in [0.1, 0.15) is 6.33 Å². The van der Waals surface area contributed by atoms with Gasteiger partial charge in [0.05, 0.1) is 35.9 Å². The summed E-state index contributed by atoms with van der Waals surface area (Å²) in [5.74, 6) is -0.116. The zero-order chi connectivity index (χ0) is 13.7. The molecule has 0 radical (unpaired) electrons. The molecule has 2 aromatic rings. The van der Waals surface area contributed by atoms with Crippen LogP contribution in [0.4, 0.5) is 17.2 Å². The highest BCUT2D eigenvalue weighted by Gasteiger charge is 2.14. The number of rotatable bonds is 4. The second kappa shape index (κ2) is 5.76. The van der Waals surface area contributed by atoms with Crippen LogP contribution in [0.1, 0.15) is 17.3 Å². The van der Waals surface area contributed by atoms with Crippen LogP contribution >= 0.6 is 0 Å². The highest BCUT2D eigenvalue weighted by atomic mass is 16.5. The van der Waals surface area contributed by atoms with Gasteiger partial charge in [0.2, 0.25) is 0 Å². The molecule has 2 aromatic heterocycles. The maximum atomic E-state index is 11.7. The summed E-state index contributed by atoms with van der Waals surface area (Å²) in [6.45, 7) is 2.02. The van der Waals surface area contributed by atoms with Gasteiger partial charge in [-0.05, 0) is 13.0 Å². The fourth-order valence-electron chi connectivity index (χ4n) is 1.46. The summed E-state index contributed by atoms with van der Waals surface area (Å²) < 4.78 is 4.91. The standard InChI is InChI=1S/C12H13N5O2/c1-2-19-12(18)9-3-4-16-11(10(9)13)17-8-5-14-7-15-6-8/h3-7H,2,13H2,1H3,(H,16,17). The number of nitrogen functional groups attached to an aromatic ring is 1. The zero-order valence-electron chi connectivity index (χ0n) is 10.3. The van der Waals surface area contributed by atoms with E-state index in [1.54, 1.807) is 19.3 Å². The largest absolute Gasteiger partial charge is 0.462 e. The van der Waals surface area contributed by atoms with Gasteiger partial charge in [0.15, 0.2) is 5.82 Å². The lowest BCUT2D eigenvalue weighted by molar-refractivity contribution is 0.0527. The Kier molecular flexibility index (Phi) is 3.87. The van der Waals surface area contributed by atoms with Crippen LogP contribution in [0.3, 0.4) is 0 Å². The van der Waals surface area contributed by atoms with Crippen molar-refractivity contribution in [3.05, 3.63) is 36.5 Å². The summed E-state index contributed by atoms with van der Waals surface area (Å²) in [5, 5.41) is 2.94. The fraction of sp³-hybridized carbons (Fsp3) is 0.167. The smallest absolute Gasteiger partial charge is 0.340 e. The van der Waals surface area contributed by atoms with E-state index in [0.29, 0.717) is 11.5 Å². The molecule has 3 N–H and O–H groups in total. The van der Waals surface area contributed by atoms with Gasteiger partial charge >= 0.3 is 5.97 Å². The van der Waals surface area contributed by atoms with Crippen molar-refractivity contribution in [2.24, 2.45) is 0 Å². The van der Waals surface area contributed by atoms with Crippen molar-refractivity contribution in [2.75, 3.05) is 17.7 Å². The number of ether oxygens (including phenoxy) is 1. The van der Waals surface area contributed by atoms with E-state index in [4.69, 9.17) is 10.5 Å². The van der Waals surface area contributed by atoms with Crippen LogP contribution in [0.5, 0.6) is 0 Å². The van der Waals surface area contributed by atoms with Crippen molar-refractivity contribution in [2.45, 2.75) is 6.92 Å². The quantitative estimate of drug-likeness (QED) is 0.799. The summed E-state index contributed by atoms with van der Waals surface area (Å²) in [7, 11) is 0. The lowest BCUT2D eigenvalue weighted by atomic mass is 10.2. The Morgan fingerprint density at radius 3 is 2.84 bits per heavy atom. The lowest BCUT2D eigenvalue weighted by Crippen LogP contribution is -2.10. The van der Waals surface area contributed by atoms with Gasteiger partial charge < -0.3 is 15.8 Å². The molecule has 98 valence electrons. The minimum atomic E-state index is -0.477. The Bertz CT molecular complexity index is 574. The molecule has 0 aliphatic rings.